The fraction of sp³-hybridized carbons (Fsp3) is 0.500. The fourth-order valence-electron chi connectivity index (χ4n) is 2.60. The highest BCUT2D eigenvalue weighted by atomic mass is 16.6. The Balaban J connectivity index is 1.98. The number of hydrogen-bond acceptors (Lipinski definition) is 4. The van der Waals surface area contributed by atoms with Crippen molar-refractivity contribution in [3.05, 3.63) is 33.9 Å². The maximum atomic E-state index is 12.0. The first-order chi connectivity index (χ1) is 10.0. The van der Waals surface area contributed by atoms with Gasteiger partial charge in [0, 0.05) is 24.9 Å². The molecule has 0 bridgehead atoms. The van der Waals surface area contributed by atoms with Crippen LogP contribution in [-0.2, 0) is 4.74 Å². The van der Waals surface area contributed by atoms with Crippen molar-refractivity contribution < 1.29 is 14.5 Å². The van der Waals surface area contributed by atoms with Crippen LogP contribution in [0.15, 0.2) is 18.2 Å². The van der Waals surface area contributed by atoms with Crippen LogP contribution in [0.25, 0.3) is 0 Å². The molecule has 1 saturated carbocycles. The van der Waals surface area contributed by atoms with Crippen LogP contribution in [0.5, 0.6) is 0 Å². The van der Waals surface area contributed by atoms with Crippen molar-refractivity contribution >= 4 is 17.4 Å². The summed E-state index contributed by atoms with van der Waals surface area (Å²) in [5.74, 6) is 0. The van der Waals surface area contributed by atoms with E-state index in [1.54, 1.807) is 14.0 Å². The Morgan fingerprint density at radius 2 is 2.19 bits per heavy atom. The van der Waals surface area contributed by atoms with Crippen LogP contribution < -0.4 is 10.6 Å². The van der Waals surface area contributed by atoms with E-state index in [0.717, 1.165) is 19.3 Å². The van der Waals surface area contributed by atoms with Crippen LogP contribution >= 0.6 is 0 Å². The fourth-order valence-corrected chi connectivity index (χ4v) is 2.60. The number of anilines is 1. The zero-order valence-corrected chi connectivity index (χ0v) is 12.1. The standard InChI is InChI=1S/C14H19N3O4/c1-9-8-10(17(19)20)6-7-11(9)15-14(18)16-12-4-3-5-13(12)21-2/h6-8,12-13H,3-5H2,1-2H3,(H2,15,16,18)/t12-,13-/m0/s1. The van der Waals surface area contributed by atoms with Gasteiger partial charge in [0.05, 0.1) is 17.1 Å². The van der Waals surface area contributed by atoms with Crippen molar-refractivity contribution in [2.24, 2.45) is 0 Å². The summed E-state index contributed by atoms with van der Waals surface area (Å²) in [6.07, 6.45) is 2.91. The van der Waals surface area contributed by atoms with Gasteiger partial charge in [-0.3, -0.25) is 10.1 Å². The Kier molecular flexibility index (Phi) is 4.74. The third kappa shape index (κ3) is 3.69. The van der Waals surface area contributed by atoms with Crippen LogP contribution in [0.4, 0.5) is 16.2 Å². The lowest BCUT2D eigenvalue weighted by molar-refractivity contribution is -0.384. The van der Waals surface area contributed by atoms with Crippen LogP contribution in [0, 0.1) is 17.0 Å². The van der Waals surface area contributed by atoms with Crippen molar-refractivity contribution in [3.8, 4) is 0 Å². The molecule has 0 heterocycles. The summed E-state index contributed by atoms with van der Waals surface area (Å²) < 4.78 is 5.32. The maximum Gasteiger partial charge on any atom is 0.319 e. The number of urea groups is 1. The number of ether oxygens (including phenoxy) is 1. The summed E-state index contributed by atoms with van der Waals surface area (Å²) in [6, 6.07) is 4.03. The molecular formula is C14H19N3O4. The molecule has 1 aromatic rings. The Labute approximate surface area is 122 Å². The summed E-state index contributed by atoms with van der Waals surface area (Å²) in [6.45, 7) is 1.72. The van der Waals surface area contributed by atoms with E-state index in [-0.39, 0.29) is 23.9 Å². The van der Waals surface area contributed by atoms with Crippen molar-refractivity contribution in [1.29, 1.82) is 0 Å². The number of nitro benzene ring substituents is 1. The van der Waals surface area contributed by atoms with Crippen molar-refractivity contribution in [1.82, 2.24) is 5.32 Å². The monoisotopic (exact) mass is 293 g/mol. The molecular weight excluding hydrogens is 274 g/mol. The largest absolute Gasteiger partial charge is 0.379 e. The predicted octanol–water partition coefficient (Wildman–Crippen LogP) is 2.59. The molecule has 7 nitrogen and oxygen atoms in total. The lowest BCUT2D eigenvalue weighted by Gasteiger charge is -2.20. The van der Waals surface area contributed by atoms with E-state index in [2.05, 4.69) is 10.6 Å². The van der Waals surface area contributed by atoms with Crippen molar-refractivity contribution in [2.45, 2.75) is 38.3 Å². The van der Waals surface area contributed by atoms with Crippen LogP contribution in [0.1, 0.15) is 24.8 Å². The van der Waals surface area contributed by atoms with Gasteiger partial charge in [0.25, 0.3) is 5.69 Å². The van der Waals surface area contributed by atoms with Crippen molar-refractivity contribution in [2.75, 3.05) is 12.4 Å². The van der Waals surface area contributed by atoms with Gasteiger partial charge in [-0.1, -0.05) is 0 Å². The van der Waals surface area contributed by atoms with Crippen LogP contribution in [0.2, 0.25) is 0 Å². The lowest BCUT2D eigenvalue weighted by atomic mass is 10.2. The lowest BCUT2D eigenvalue weighted by Crippen LogP contribution is -2.42. The van der Waals surface area contributed by atoms with E-state index >= 15 is 0 Å². The second-order valence-corrected chi connectivity index (χ2v) is 5.17. The molecule has 114 valence electrons. The van der Waals surface area contributed by atoms with E-state index in [1.807, 2.05) is 0 Å². The molecule has 0 radical (unpaired) electrons. The first kappa shape index (κ1) is 15.2. The molecule has 1 fully saturated rings. The number of nitrogens with one attached hydrogen (secondary N) is 2. The minimum Gasteiger partial charge on any atom is -0.379 e. The Hall–Kier alpha value is -2.15. The Morgan fingerprint density at radius 3 is 2.81 bits per heavy atom. The third-order valence-corrected chi connectivity index (χ3v) is 3.74. The number of aryl methyl sites for hydroxylation is 1. The zero-order chi connectivity index (χ0) is 15.4. The van der Waals surface area contributed by atoms with Crippen LogP contribution in [0.3, 0.4) is 0 Å². The molecule has 1 aliphatic rings. The number of hydrogen-bond donors (Lipinski definition) is 2. The van der Waals surface area contributed by atoms with E-state index < -0.39 is 4.92 Å². The highest BCUT2D eigenvalue weighted by Crippen LogP contribution is 2.23. The summed E-state index contributed by atoms with van der Waals surface area (Å²) in [4.78, 5) is 22.2. The second kappa shape index (κ2) is 6.53. The Bertz CT molecular complexity index is 547. The number of carbonyl (C=O) groups is 1. The van der Waals surface area contributed by atoms with Crippen LogP contribution in [-0.4, -0.2) is 30.2 Å². The highest BCUT2D eigenvalue weighted by Gasteiger charge is 2.28. The number of rotatable bonds is 4. The minimum atomic E-state index is -0.460. The molecule has 0 saturated heterocycles. The molecule has 7 heteroatoms. The van der Waals surface area contributed by atoms with Crippen molar-refractivity contribution in [3.63, 3.8) is 0 Å². The molecule has 2 N–H and O–H groups in total. The maximum absolute atomic E-state index is 12.0. The summed E-state index contributed by atoms with van der Waals surface area (Å²) in [7, 11) is 1.64. The van der Waals surface area contributed by atoms with Gasteiger partial charge in [-0.15, -0.1) is 0 Å². The van der Waals surface area contributed by atoms with Gasteiger partial charge in [0.1, 0.15) is 0 Å². The number of nitrogens with zero attached hydrogens (tertiary/aromatic N) is 1. The van der Waals surface area contributed by atoms with Gasteiger partial charge in [0.15, 0.2) is 0 Å². The van der Waals surface area contributed by atoms with Gasteiger partial charge >= 0.3 is 6.03 Å². The zero-order valence-electron chi connectivity index (χ0n) is 12.1. The normalized spacial score (nSPS) is 21.0. The number of carbonyl (C=O) groups excluding carboxylic acids is 1. The number of amides is 2. The summed E-state index contributed by atoms with van der Waals surface area (Å²) in [5, 5.41) is 16.3. The smallest absolute Gasteiger partial charge is 0.319 e. The molecule has 0 spiro atoms. The molecule has 2 atom stereocenters. The number of benzene rings is 1. The Morgan fingerprint density at radius 1 is 1.43 bits per heavy atom. The third-order valence-electron chi connectivity index (χ3n) is 3.74. The number of non-ortho nitro benzene ring substituents is 1. The molecule has 21 heavy (non-hydrogen) atoms. The van der Waals surface area contributed by atoms with Gasteiger partial charge < -0.3 is 15.4 Å². The quantitative estimate of drug-likeness (QED) is 0.659. The SMILES string of the molecule is CO[C@H]1CCC[C@@H]1NC(=O)Nc1ccc([N+](=O)[O-])cc1C. The highest BCUT2D eigenvalue weighted by molar-refractivity contribution is 5.90. The molecule has 1 aliphatic carbocycles. The molecule has 0 unspecified atom stereocenters. The number of methoxy groups -OCH3 is 1. The first-order valence-electron chi connectivity index (χ1n) is 6.86. The second-order valence-electron chi connectivity index (χ2n) is 5.17. The van der Waals surface area contributed by atoms with E-state index in [0.29, 0.717) is 11.3 Å². The van der Waals surface area contributed by atoms with E-state index in [1.165, 1.54) is 18.2 Å². The van der Waals surface area contributed by atoms with Gasteiger partial charge in [0.2, 0.25) is 0 Å². The topological polar surface area (TPSA) is 93.5 Å². The molecule has 2 amide bonds. The van der Waals surface area contributed by atoms with Gasteiger partial charge in [-0.05, 0) is 37.8 Å². The average molecular weight is 293 g/mol. The molecule has 0 aromatic heterocycles. The molecule has 1 aromatic carbocycles. The van der Waals surface area contributed by atoms with E-state index in [4.69, 9.17) is 4.74 Å². The van der Waals surface area contributed by atoms with E-state index in [9.17, 15) is 14.9 Å². The average Bonchev–Trinajstić information content (AvgIpc) is 2.87. The summed E-state index contributed by atoms with van der Waals surface area (Å²) in [5.41, 5.74) is 1.22. The van der Waals surface area contributed by atoms with Gasteiger partial charge in [-0.2, -0.15) is 0 Å². The summed E-state index contributed by atoms with van der Waals surface area (Å²) >= 11 is 0. The number of nitro groups is 1. The first-order valence-corrected chi connectivity index (χ1v) is 6.86. The predicted molar refractivity (Wildman–Crippen MR) is 78.4 cm³/mol. The minimum absolute atomic E-state index is 0.00774. The van der Waals surface area contributed by atoms with Gasteiger partial charge in [-0.25, -0.2) is 4.79 Å². The molecule has 2 rings (SSSR count). The molecule has 0 aliphatic heterocycles.